The van der Waals surface area contributed by atoms with Gasteiger partial charge in [0.1, 0.15) is 12.4 Å². The summed E-state index contributed by atoms with van der Waals surface area (Å²) in [6, 6.07) is 14.2. The first-order valence-electron chi connectivity index (χ1n) is 8.28. The minimum absolute atomic E-state index is 0.551. The van der Waals surface area contributed by atoms with E-state index in [1.54, 1.807) is 0 Å². The zero-order chi connectivity index (χ0) is 16.8. The van der Waals surface area contributed by atoms with Crippen molar-refractivity contribution in [1.82, 2.24) is 10.6 Å². The van der Waals surface area contributed by atoms with E-state index in [2.05, 4.69) is 50.8 Å². The Morgan fingerprint density at radius 1 is 1.17 bits per heavy atom. The van der Waals surface area contributed by atoms with Crippen LogP contribution in [0.1, 0.15) is 11.1 Å². The summed E-state index contributed by atoms with van der Waals surface area (Å²) in [4.78, 5) is 0. The molecule has 24 heavy (non-hydrogen) atoms. The SMILES string of the molecule is Clc1ccc(OCc2cccc(CCNCC3CNC3)c2)c(Br)c1. The van der Waals surface area contributed by atoms with Crippen molar-refractivity contribution in [2.45, 2.75) is 13.0 Å². The summed E-state index contributed by atoms with van der Waals surface area (Å²) in [6.07, 6.45) is 1.04. The Morgan fingerprint density at radius 2 is 2.00 bits per heavy atom. The van der Waals surface area contributed by atoms with E-state index in [1.165, 1.54) is 11.1 Å². The molecule has 0 radical (unpaired) electrons. The Balaban J connectivity index is 1.47. The van der Waals surface area contributed by atoms with Gasteiger partial charge in [0.25, 0.3) is 0 Å². The van der Waals surface area contributed by atoms with Gasteiger partial charge < -0.3 is 15.4 Å². The van der Waals surface area contributed by atoms with Crippen molar-refractivity contribution >= 4 is 27.5 Å². The Kier molecular flexibility index (Phi) is 6.55. The van der Waals surface area contributed by atoms with E-state index < -0.39 is 0 Å². The molecule has 2 aromatic rings. The molecule has 128 valence electrons. The minimum Gasteiger partial charge on any atom is -0.488 e. The summed E-state index contributed by atoms with van der Waals surface area (Å²) >= 11 is 9.43. The van der Waals surface area contributed by atoms with Gasteiger partial charge in [-0.3, -0.25) is 0 Å². The third-order valence-electron chi connectivity index (χ3n) is 4.17. The van der Waals surface area contributed by atoms with E-state index >= 15 is 0 Å². The first kappa shape index (κ1) is 17.7. The number of nitrogens with one attached hydrogen (secondary N) is 2. The van der Waals surface area contributed by atoms with E-state index in [-0.39, 0.29) is 0 Å². The molecular formula is C19H22BrClN2O. The Morgan fingerprint density at radius 3 is 2.75 bits per heavy atom. The average Bonchev–Trinajstić information content (AvgIpc) is 2.52. The summed E-state index contributed by atoms with van der Waals surface area (Å²) < 4.78 is 6.76. The lowest BCUT2D eigenvalue weighted by Gasteiger charge is -2.27. The lowest BCUT2D eigenvalue weighted by Crippen LogP contribution is -2.47. The average molecular weight is 410 g/mol. The fraction of sp³-hybridized carbons (Fsp3) is 0.368. The topological polar surface area (TPSA) is 33.3 Å². The number of hydrogen-bond donors (Lipinski definition) is 2. The predicted octanol–water partition coefficient (Wildman–Crippen LogP) is 4.03. The van der Waals surface area contributed by atoms with E-state index in [1.807, 2.05) is 18.2 Å². The summed E-state index contributed by atoms with van der Waals surface area (Å²) in [7, 11) is 0. The lowest BCUT2D eigenvalue weighted by molar-refractivity contribution is 0.304. The molecule has 2 aromatic carbocycles. The van der Waals surface area contributed by atoms with Crippen LogP contribution in [-0.2, 0) is 13.0 Å². The summed E-state index contributed by atoms with van der Waals surface area (Å²) in [5.41, 5.74) is 2.52. The van der Waals surface area contributed by atoms with Gasteiger partial charge in [-0.15, -0.1) is 0 Å². The van der Waals surface area contributed by atoms with Gasteiger partial charge >= 0.3 is 0 Å². The van der Waals surface area contributed by atoms with Crippen LogP contribution in [0.5, 0.6) is 5.75 Å². The standard InChI is InChI=1S/C19H22BrClN2O/c20-18-9-17(21)4-5-19(18)24-13-15-3-1-2-14(8-15)6-7-22-10-16-11-23-12-16/h1-5,8-9,16,22-23H,6-7,10-13H2. The molecule has 0 spiro atoms. The molecule has 0 aromatic heterocycles. The van der Waals surface area contributed by atoms with Crippen molar-refractivity contribution in [2.75, 3.05) is 26.2 Å². The Hall–Kier alpha value is -1.07. The zero-order valence-corrected chi connectivity index (χ0v) is 15.9. The van der Waals surface area contributed by atoms with Gasteiger partial charge in [0.2, 0.25) is 0 Å². The molecule has 0 saturated carbocycles. The van der Waals surface area contributed by atoms with E-state index in [9.17, 15) is 0 Å². The summed E-state index contributed by atoms with van der Waals surface area (Å²) in [5.74, 6) is 1.61. The van der Waals surface area contributed by atoms with Crippen molar-refractivity contribution in [3.8, 4) is 5.75 Å². The molecule has 0 unspecified atom stereocenters. The van der Waals surface area contributed by atoms with Crippen LogP contribution in [0.3, 0.4) is 0 Å². The maximum atomic E-state index is 5.95. The molecule has 1 heterocycles. The maximum Gasteiger partial charge on any atom is 0.134 e. The van der Waals surface area contributed by atoms with Gasteiger partial charge in [-0.25, -0.2) is 0 Å². The van der Waals surface area contributed by atoms with Crippen LogP contribution in [0.15, 0.2) is 46.9 Å². The fourth-order valence-corrected chi connectivity index (χ4v) is 3.46. The first-order valence-corrected chi connectivity index (χ1v) is 9.45. The van der Waals surface area contributed by atoms with Gasteiger partial charge in [-0.2, -0.15) is 0 Å². The second-order valence-electron chi connectivity index (χ2n) is 6.16. The Bertz CT molecular complexity index is 676. The number of hydrogen-bond acceptors (Lipinski definition) is 3. The third kappa shape index (κ3) is 5.21. The van der Waals surface area contributed by atoms with E-state index in [4.69, 9.17) is 16.3 Å². The zero-order valence-electron chi connectivity index (χ0n) is 13.5. The molecule has 0 bridgehead atoms. The number of rotatable bonds is 8. The van der Waals surface area contributed by atoms with Crippen LogP contribution >= 0.6 is 27.5 Å². The van der Waals surface area contributed by atoms with E-state index in [0.29, 0.717) is 11.6 Å². The van der Waals surface area contributed by atoms with Crippen molar-refractivity contribution in [1.29, 1.82) is 0 Å². The molecule has 1 aliphatic rings. The van der Waals surface area contributed by atoms with Gasteiger partial charge in [0.15, 0.2) is 0 Å². The molecule has 3 rings (SSSR count). The van der Waals surface area contributed by atoms with E-state index in [0.717, 1.165) is 48.7 Å². The van der Waals surface area contributed by atoms with Crippen LogP contribution in [0.4, 0.5) is 0 Å². The van der Waals surface area contributed by atoms with Gasteiger partial charge in [-0.1, -0.05) is 35.9 Å². The quantitative estimate of drug-likeness (QED) is 0.646. The van der Waals surface area contributed by atoms with Gasteiger partial charge in [0.05, 0.1) is 4.47 Å². The molecule has 3 nitrogen and oxygen atoms in total. The summed E-state index contributed by atoms with van der Waals surface area (Å²) in [6.45, 7) is 4.99. The first-order chi connectivity index (χ1) is 11.7. The van der Waals surface area contributed by atoms with Gasteiger partial charge in [-0.05, 0) is 64.1 Å². The molecule has 1 aliphatic heterocycles. The molecule has 2 N–H and O–H groups in total. The van der Waals surface area contributed by atoms with Crippen molar-refractivity contribution < 1.29 is 4.74 Å². The van der Waals surface area contributed by atoms with Gasteiger partial charge in [0, 0.05) is 24.7 Å². The van der Waals surface area contributed by atoms with Crippen molar-refractivity contribution in [3.05, 3.63) is 63.1 Å². The normalized spacial score (nSPS) is 14.4. The molecule has 1 fully saturated rings. The highest BCUT2D eigenvalue weighted by Gasteiger charge is 2.15. The number of halogens is 2. The van der Waals surface area contributed by atoms with Crippen LogP contribution in [0.2, 0.25) is 5.02 Å². The minimum atomic E-state index is 0.551. The lowest BCUT2D eigenvalue weighted by atomic mass is 10.0. The smallest absolute Gasteiger partial charge is 0.134 e. The fourth-order valence-electron chi connectivity index (χ4n) is 2.66. The predicted molar refractivity (Wildman–Crippen MR) is 103 cm³/mol. The molecule has 0 amide bonds. The third-order valence-corrected chi connectivity index (χ3v) is 5.02. The number of benzene rings is 2. The second-order valence-corrected chi connectivity index (χ2v) is 7.45. The maximum absolute atomic E-state index is 5.95. The largest absolute Gasteiger partial charge is 0.488 e. The van der Waals surface area contributed by atoms with Crippen LogP contribution in [0, 0.1) is 5.92 Å². The molecule has 1 saturated heterocycles. The van der Waals surface area contributed by atoms with Crippen molar-refractivity contribution in [2.24, 2.45) is 5.92 Å². The van der Waals surface area contributed by atoms with Crippen LogP contribution in [-0.4, -0.2) is 26.2 Å². The van der Waals surface area contributed by atoms with Crippen LogP contribution < -0.4 is 15.4 Å². The highest BCUT2D eigenvalue weighted by Crippen LogP contribution is 2.28. The molecule has 5 heteroatoms. The molecular weight excluding hydrogens is 388 g/mol. The highest BCUT2D eigenvalue weighted by molar-refractivity contribution is 9.10. The highest BCUT2D eigenvalue weighted by atomic mass is 79.9. The monoisotopic (exact) mass is 408 g/mol. The molecule has 0 atom stereocenters. The van der Waals surface area contributed by atoms with Crippen LogP contribution in [0.25, 0.3) is 0 Å². The Labute approximate surface area is 156 Å². The molecule has 0 aliphatic carbocycles. The number of ether oxygens (including phenoxy) is 1. The summed E-state index contributed by atoms with van der Waals surface area (Å²) in [5, 5.41) is 7.53. The van der Waals surface area contributed by atoms with Crippen molar-refractivity contribution in [3.63, 3.8) is 0 Å². The second kappa shape index (κ2) is 8.86.